The Hall–Kier alpha value is -4.82. The molecule has 2 heterocycles. The summed E-state index contributed by atoms with van der Waals surface area (Å²) in [5, 5.41) is 10.0. The van der Waals surface area contributed by atoms with Crippen molar-refractivity contribution in [2.75, 3.05) is 50.3 Å². The van der Waals surface area contributed by atoms with Crippen LogP contribution in [0.25, 0.3) is 11.3 Å². The number of methoxy groups -OCH3 is 2. The van der Waals surface area contributed by atoms with E-state index in [0.717, 1.165) is 5.56 Å². The summed E-state index contributed by atoms with van der Waals surface area (Å²) in [5.41, 5.74) is 3.78. The molecule has 2 aromatic carbocycles. The Bertz CT molecular complexity index is 1690. The molecule has 0 aliphatic carbocycles. The standard InChI is InChI=1S/C32H31Cl2N7O3/c1-6-15-41(3)16-9-13-27(42)38-22-12-7-10-20(2)30(22)39-26-17-23(36-19-37-26)21-11-8-14-35-32(21)40-31-28(33)24(43-4)18-25(44-5)29(31)34/h1,7-14,17-19H,15-16H2,2-5H3,(H,35,40)(H,38,42)(H,36,37,39)/b13-9+. The molecular weight excluding hydrogens is 601 g/mol. The maximum Gasteiger partial charge on any atom is 0.248 e. The van der Waals surface area contributed by atoms with Crippen LogP contribution in [-0.2, 0) is 4.79 Å². The maximum atomic E-state index is 12.7. The number of benzene rings is 2. The first kappa shape index (κ1) is 32.1. The van der Waals surface area contributed by atoms with E-state index in [1.165, 1.54) is 26.6 Å². The Morgan fingerprint density at radius 3 is 2.48 bits per heavy atom. The van der Waals surface area contributed by atoms with Crippen molar-refractivity contribution in [2.24, 2.45) is 0 Å². The third-order valence-electron chi connectivity index (χ3n) is 6.40. The lowest BCUT2D eigenvalue weighted by Crippen LogP contribution is -2.19. The van der Waals surface area contributed by atoms with Crippen molar-refractivity contribution in [2.45, 2.75) is 6.92 Å². The van der Waals surface area contributed by atoms with Crippen LogP contribution >= 0.6 is 23.2 Å². The second-order valence-corrected chi connectivity index (χ2v) is 10.3. The van der Waals surface area contributed by atoms with Gasteiger partial charge in [-0.25, -0.2) is 15.0 Å². The predicted molar refractivity (Wildman–Crippen MR) is 177 cm³/mol. The van der Waals surface area contributed by atoms with Crippen LogP contribution in [0.4, 0.5) is 28.7 Å². The lowest BCUT2D eigenvalue weighted by Gasteiger charge is -2.17. The molecule has 0 spiro atoms. The van der Waals surface area contributed by atoms with Gasteiger partial charge in [-0.1, -0.05) is 47.3 Å². The van der Waals surface area contributed by atoms with Crippen molar-refractivity contribution >= 4 is 57.8 Å². The summed E-state index contributed by atoms with van der Waals surface area (Å²) in [6.45, 7) is 2.98. The summed E-state index contributed by atoms with van der Waals surface area (Å²) in [6, 6.07) is 12.6. The highest BCUT2D eigenvalue weighted by Crippen LogP contribution is 2.45. The smallest absolute Gasteiger partial charge is 0.248 e. The minimum atomic E-state index is -0.270. The number of hydrogen-bond acceptors (Lipinski definition) is 9. The molecule has 0 saturated heterocycles. The molecule has 0 unspecified atom stereocenters. The Balaban J connectivity index is 1.61. The van der Waals surface area contributed by atoms with E-state index >= 15 is 0 Å². The number of nitrogens with zero attached hydrogens (tertiary/aromatic N) is 4. The fraction of sp³-hybridized carbons (Fsp3) is 0.188. The minimum absolute atomic E-state index is 0.267. The number of terminal acetylenes is 1. The van der Waals surface area contributed by atoms with Gasteiger partial charge in [-0.15, -0.1) is 6.42 Å². The number of rotatable bonds is 12. The van der Waals surface area contributed by atoms with E-state index in [4.69, 9.17) is 39.1 Å². The van der Waals surface area contributed by atoms with E-state index in [9.17, 15) is 4.79 Å². The number of carbonyl (C=O) groups excluding carboxylic acids is 1. The number of hydrogen-bond donors (Lipinski definition) is 3. The molecular formula is C32H31Cl2N7O3. The number of carbonyl (C=O) groups is 1. The average Bonchev–Trinajstić information content (AvgIpc) is 3.01. The molecule has 10 nitrogen and oxygen atoms in total. The van der Waals surface area contributed by atoms with Crippen molar-refractivity contribution in [1.82, 2.24) is 19.9 Å². The fourth-order valence-corrected chi connectivity index (χ4v) is 4.79. The van der Waals surface area contributed by atoms with Crippen LogP contribution in [0.5, 0.6) is 11.5 Å². The molecule has 12 heteroatoms. The Labute approximate surface area is 266 Å². The van der Waals surface area contributed by atoms with Gasteiger partial charge in [-0.2, -0.15) is 0 Å². The van der Waals surface area contributed by atoms with Crippen LogP contribution < -0.4 is 25.4 Å². The van der Waals surface area contributed by atoms with Crippen LogP contribution in [-0.4, -0.2) is 60.1 Å². The molecule has 0 bridgehead atoms. The van der Waals surface area contributed by atoms with Crippen molar-refractivity contribution in [3.05, 3.63) is 82.7 Å². The monoisotopic (exact) mass is 631 g/mol. The number of nitrogens with one attached hydrogen (secondary N) is 3. The van der Waals surface area contributed by atoms with Crippen LogP contribution in [0.3, 0.4) is 0 Å². The minimum Gasteiger partial charge on any atom is -0.495 e. The number of para-hydroxylation sites is 1. The first-order valence-electron chi connectivity index (χ1n) is 13.4. The number of likely N-dealkylation sites (N-methyl/N-ethyl adjacent to an activating group) is 1. The molecule has 2 aromatic heterocycles. The second-order valence-electron chi connectivity index (χ2n) is 9.51. The third-order valence-corrected chi connectivity index (χ3v) is 7.15. The quantitative estimate of drug-likeness (QED) is 0.116. The summed E-state index contributed by atoms with van der Waals surface area (Å²) in [6.07, 6.45) is 11.6. The summed E-state index contributed by atoms with van der Waals surface area (Å²) < 4.78 is 10.8. The van der Waals surface area contributed by atoms with E-state index in [2.05, 4.69) is 36.8 Å². The number of aromatic nitrogens is 3. The van der Waals surface area contributed by atoms with E-state index in [1.807, 2.05) is 43.1 Å². The molecule has 226 valence electrons. The molecule has 4 aromatic rings. The molecule has 0 atom stereocenters. The summed E-state index contributed by atoms with van der Waals surface area (Å²) >= 11 is 13.2. The zero-order chi connectivity index (χ0) is 31.6. The second kappa shape index (κ2) is 15.1. The van der Waals surface area contributed by atoms with Gasteiger partial charge in [0.2, 0.25) is 5.91 Å². The van der Waals surface area contributed by atoms with E-state index in [0.29, 0.717) is 64.5 Å². The SMILES string of the molecule is C#CCN(C)C/C=C/C(=O)Nc1cccc(C)c1Nc1cc(-c2cccnc2Nc2c(Cl)c(OC)cc(OC)c2Cl)ncn1. The number of halogens is 2. The van der Waals surface area contributed by atoms with Gasteiger partial charge in [-0.05, 0) is 37.7 Å². The largest absolute Gasteiger partial charge is 0.495 e. The first-order chi connectivity index (χ1) is 21.2. The maximum absolute atomic E-state index is 12.7. The molecule has 0 radical (unpaired) electrons. The number of anilines is 5. The molecule has 4 rings (SSSR count). The number of ether oxygens (including phenoxy) is 2. The van der Waals surface area contributed by atoms with E-state index in [-0.39, 0.29) is 16.0 Å². The van der Waals surface area contributed by atoms with Crippen molar-refractivity contribution in [1.29, 1.82) is 0 Å². The number of pyridine rings is 1. The van der Waals surface area contributed by atoms with E-state index < -0.39 is 0 Å². The highest BCUT2D eigenvalue weighted by molar-refractivity contribution is 6.41. The highest BCUT2D eigenvalue weighted by atomic mass is 35.5. The summed E-state index contributed by atoms with van der Waals surface area (Å²) in [5.74, 6) is 4.01. The lowest BCUT2D eigenvalue weighted by molar-refractivity contribution is -0.111. The average molecular weight is 633 g/mol. The molecule has 0 saturated carbocycles. The van der Waals surface area contributed by atoms with Crippen molar-refractivity contribution in [3.8, 4) is 35.1 Å². The molecule has 44 heavy (non-hydrogen) atoms. The Kier molecular flexibility index (Phi) is 11.0. The fourth-order valence-electron chi connectivity index (χ4n) is 4.20. The predicted octanol–water partition coefficient (Wildman–Crippen LogP) is 6.72. The Morgan fingerprint density at radius 2 is 1.77 bits per heavy atom. The van der Waals surface area contributed by atoms with Crippen LogP contribution in [0.2, 0.25) is 10.0 Å². The molecule has 0 fully saturated rings. The van der Waals surface area contributed by atoms with Gasteiger partial charge in [0, 0.05) is 36.5 Å². The third kappa shape index (κ3) is 7.76. The zero-order valence-corrected chi connectivity index (χ0v) is 26.1. The summed E-state index contributed by atoms with van der Waals surface area (Å²) in [4.78, 5) is 28.0. The van der Waals surface area contributed by atoms with Gasteiger partial charge in [0.25, 0.3) is 0 Å². The van der Waals surface area contributed by atoms with Gasteiger partial charge in [0.15, 0.2) is 0 Å². The van der Waals surface area contributed by atoms with Gasteiger partial charge in [0.05, 0.1) is 43.5 Å². The van der Waals surface area contributed by atoms with Gasteiger partial charge in [0.1, 0.15) is 39.5 Å². The molecule has 3 N–H and O–H groups in total. The van der Waals surface area contributed by atoms with E-state index in [1.54, 1.807) is 30.5 Å². The number of amides is 1. The van der Waals surface area contributed by atoms with Gasteiger partial charge >= 0.3 is 0 Å². The molecule has 0 aliphatic heterocycles. The van der Waals surface area contributed by atoms with Crippen LogP contribution in [0.1, 0.15) is 5.56 Å². The topological polar surface area (TPSA) is 114 Å². The van der Waals surface area contributed by atoms with Gasteiger partial charge in [-0.3, -0.25) is 9.69 Å². The molecule has 1 amide bonds. The normalized spacial score (nSPS) is 10.9. The zero-order valence-electron chi connectivity index (χ0n) is 24.6. The lowest BCUT2D eigenvalue weighted by atomic mass is 10.1. The van der Waals surface area contributed by atoms with Crippen LogP contribution in [0.15, 0.2) is 67.1 Å². The Morgan fingerprint density at radius 1 is 1.02 bits per heavy atom. The summed E-state index contributed by atoms with van der Waals surface area (Å²) in [7, 11) is 4.89. The number of aryl methyl sites for hydroxylation is 1. The van der Waals surface area contributed by atoms with Gasteiger partial charge < -0.3 is 25.4 Å². The first-order valence-corrected chi connectivity index (χ1v) is 14.1. The highest BCUT2D eigenvalue weighted by Gasteiger charge is 2.20. The van der Waals surface area contributed by atoms with Crippen molar-refractivity contribution in [3.63, 3.8) is 0 Å². The van der Waals surface area contributed by atoms with Crippen LogP contribution in [0, 0.1) is 19.3 Å². The molecule has 0 aliphatic rings. The van der Waals surface area contributed by atoms with Crippen molar-refractivity contribution < 1.29 is 14.3 Å².